The molecule has 0 radical (unpaired) electrons. The van der Waals surface area contributed by atoms with Crippen LogP contribution < -0.4 is 4.74 Å². The molecule has 8 heteroatoms. The van der Waals surface area contributed by atoms with Gasteiger partial charge in [0.05, 0.1) is 0 Å². The molecule has 0 spiro atoms. The van der Waals surface area contributed by atoms with Gasteiger partial charge in [-0.2, -0.15) is 4.31 Å². The summed E-state index contributed by atoms with van der Waals surface area (Å²) in [5, 5.41) is 4.03. The van der Waals surface area contributed by atoms with Crippen molar-refractivity contribution < 1.29 is 13.2 Å². The van der Waals surface area contributed by atoms with Crippen molar-refractivity contribution >= 4 is 27.4 Å². The summed E-state index contributed by atoms with van der Waals surface area (Å²) in [6.45, 7) is 5.19. The van der Waals surface area contributed by atoms with Crippen LogP contribution in [0.1, 0.15) is 36.8 Å². The van der Waals surface area contributed by atoms with Crippen LogP contribution in [0.5, 0.6) is 5.19 Å². The molecule has 2 aliphatic rings. The van der Waals surface area contributed by atoms with E-state index < -0.39 is 10.0 Å². The predicted molar refractivity (Wildman–Crippen MR) is 121 cm³/mol. The molecule has 0 unspecified atom stereocenters. The van der Waals surface area contributed by atoms with E-state index in [0.29, 0.717) is 19.1 Å². The van der Waals surface area contributed by atoms with Gasteiger partial charge in [-0.05, 0) is 44.2 Å². The summed E-state index contributed by atoms with van der Waals surface area (Å²) in [5.74, 6) is 0. The maximum atomic E-state index is 12.7. The second-order valence-electron chi connectivity index (χ2n) is 8.04. The molecule has 1 aromatic carbocycles. The molecule has 4 rings (SSSR count). The van der Waals surface area contributed by atoms with Crippen LogP contribution in [0.4, 0.5) is 0 Å². The Bertz CT molecular complexity index is 927. The first-order valence-corrected chi connectivity index (χ1v) is 12.9. The topological polar surface area (TPSA) is 62.7 Å². The predicted octanol–water partition coefficient (Wildman–Crippen LogP) is 3.76. The van der Waals surface area contributed by atoms with Gasteiger partial charge in [0.25, 0.3) is 5.19 Å². The number of nitrogens with zero attached hydrogens (tertiary/aromatic N) is 3. The number of thiazole rings is 1. The van der Waals surface area contributed by atoms with Gasteiger partial charge in [0.15, 0.2) is 0 Å². The van der Waals surface area contributed by atoms with Crippen LogP contribution in [0.25, 0.3) is 6.08 Å². The third-order valence-electron chi connectivity index (χ3n) is 5.96. The Morgan fingerprint density at radius 3 is 2.40 bits per heavy atom. The van der Waals surface area contributed by atoms with Crippen molar-refractivity contribution in [1.29, 1.82) is 0 Å². The number of hydrogen-bond acceptors (Lipinski definition) is 6. The molecular weight excluding hydrogens is 418 g/mol. The van der Waals surface area contributed by atoms with E-state index in [4.69, 9.17) is 4.74 Å². The molecule has 0 bridgehead atoms. The summed E-state index contributed by atoms with van der Waals surface area (Å²) in [7, 11) is -3.38. The molecule has 30 heavy (non-hydrogen) atoms. The van der Waals surface area contributed by atoms with E-state index in [1.807, 2.05) is 36.6 Å². The number of hydrogen-bond donors (Lipinski definition) is 0. The third kappa shape index (κ3) is 5.49. The van der Waals surface area contributed by atoms with Crippen LogP contribution >= 0.6 is 11.3 Å². The van der Waals surface area contributed by atoms with Crippen LogP contribution in [0.15, 0.2) is 41.3 Å². The number of aromatic nitrogens is 1. The van der Waals surface area contributed by atoms with Crippen molar-refractivity contribution in [1.82, 2.24) is 14.2 Å². The third-order valence-corrected chi connectivity index (χ3v) is 8.19. The van der Waals surface area contributed by atoms with Gasteiger partial charge in [-0.15, -0.1) is 0 Å². The molecule has 2 aliphatic heterocycles. The lowest BCUT2D eigenvalue weighted by atomic mass is 10.00. The molecule has 0 saturated carbocycles. The lowest BCUT2D eigenvalue weighted by Crippen LogP contribution is -2.49. The monoisotopic (exact) mass is 447 g/mol. The van der Waals surface area contributed by atoms with Gasteiger partial charge < -0.3 is 9.64 Å². The van der Waals surface area contributed by atoms with E-state index in [-0.39, 0.29) is 6.10 Å². The summed E-state index contributed by atoms with van der Waals surface area (Å²) in [6, 6.07) is 8.31. The number of ether oxygens (including phenoxy) is 1. The van der Waals surface area contributed by atoms with Crippen molar-refractivity contribution in [2.45, 2.75) is 44.8 Å². The minimum Gasteiger partial charge on any atom is -0.467 e. The van der Waals surface area contributed by atoms with Gasteiger partial charge in [-0.3, -0.25) is 0 Å². The minimum absolute atomic E-state index is 0.236. The molecule has 162 valence electrons. The molecule has 3 heterocycles. The van der Waals surface area contributed by atoms with E-state index in [9.17, 15) is 8.42 Å². The first-order valence-electron chi connectivity index (χ1n) is 10.5. The Morgan fingerprint density at radius 2 is 1.77 bits per heavy atom. The van der Waals surface area contributed by atoms with E-state index in [1.54, 1.807) is 16.6 Å². The van der Waals surface area contributed by atoms with Crippen molar-refractivity contribution in [3.8, 4) is 5.19 Å². The maximum absolute atomic E-state index is 12.7. The van der Waals surface area contributed by atoms with Crippen molar-refractivity contribution in [2.75, 3.05) is 26.2 Å². The Hall–Kier alpha value is -1.74. The molecule has 0 N–H and O–H groups in total. The van der Waals surface area contributed by atoms with E-state index >= 15 is 0 Å². The average molecular weight is 448 g/mol. The maximum Gasteiger partial charge on any atom is 0.273 e. The average Bonchev–Trinajstić information content (AvgIpc) is 3.27. The van der Waals surface area contributed by atoms with E-state index in [2.05, 4.69) is 9.88 Å². The van der Waals surface area contributed by atoms with Crippen LogP contribution in [-0.4, -0.2) is 60.9 Å². The molecule has 0 aliphatic carbocycles. The first-order chi connectivity index (χ1) is 14.5. The highest BCUT2D eigenvalue weighted by Gasteiger charge is 2.32. The summed E-state index contributed by atoms with van der Waals surface area (Å²) in [5.41, 5.74) is 2.07. The zero-order valence-corrected chi connectivity index (χ0v) is 18.9. The number of likely N-dealkylation sites (tertiary alicyclic amines) is 1. The minimum atomic E-state index is -3.38. The molecule has 0 atom stereocenters. The van der Waals surface area contributed by atoms with Gasteiger partial charge in [-0.1, -0.05) is 41.2 Å². The largest absolute Gasteiger partial charge is 0.467 e. The van der Waals surface area contributed by atoms with Gasteiger partial charge in [0.1, 0.15) is 6.10 Å². The number of rotatable bonds is 6. The molecule has 0 amide bonds. The first kappa shape index (κ1) is 21.5. The zero-order chi connectivity index (χ0) is 21.0. The SMILES string of the molecule is Cc1ccc(C=CS(=O)(=O)N2CCC(N3CCC(Oc4nccs4)CC3)CC2)cc1. The standard InChI is InChI=1S/C22H29N3O3S2/c1-18-2-4-19(5-3-18)10-17-30(26,27)25-14-6-20(7-15-25)24-12-8-21(9-13-24)28-22-23-11-16-29-22/h2-5,10-11,16-17,20-21H,6-9,12-15H2,1H3. The fourth-order valence-electron chi connectivity index (χ4n) is 4.16. The summed E-state index contributed by atoms with van der Waals surface area (Å²) in [4.78, 5) is 6.71. The highest BCUT2D eigenvalue weighted by Crippen LogP contribution is 2.26. The van der Waals surface area contributed by atoms with Crippen LogP contribution in [-0.2, 0) is 10.0 Å². The van der Waals surface area contributed by atoms with Crippen LogP contribution in [0.3, 0.4) is 0 Å². The Balaban J connectivity index is 1.25. The lowest BCUT2D eigenvalue weighted by molar-refractivity contribution is 0.0585. The fraction of sp³-hybridized carbons (Fsp3) is 0.500. The summed E-state index contributed by atoms with van der Waals surface area (Å²) < 4.78 is 33.0. The van der Waals surface area contributed by atoms with E-state index in [1.165, 1.54) is 16.7 Å². The number of aryl methyl sites for hydroxylation is 1. The summed E-state index contributed by atoms with van der Waals surface area (Å²) in [6.07, 6.45) is 7.46. The summed E-state index contributed by atoms with van der Waals surface area (Å²) >= 11 is 1.54. The van der Waals surface area contributed by atoms with Crippen molar-refractivity contribution in [3.63, 3.8) is 0 Å². The van der Waals surface area contributed by atoms with Gasteiger partial charge in [0.2, 0.25) is 10.0 Å². The normalized spacial score (nSPS) is 20.7. The fourth-order valence-corrected chi connectivity index (χ4v) is 5.93. The van der Waals surface area contributed by atoms with Crippen LogP contribution in [0, 0.1) is 6.92 Å². The molecular formula is C22H29N3O3S2. The molecule has 2 aromatic rings. The molecule has 6 nitrogen and oxygen atoms in total. The van der Waals surface area contributed by atoms with Gasteiger partial charge in [0, 0.05) is 49.2 Å². The van der Waals surface area contributed by atoms with Crippen LogP contribution in [0.2, 0.25) is 0 Å². The van der Waals surface area contributed by atoms with Crippen molar-refractivity contribution in [3.05, 3.63) is 52.4 Å². The Kier molecular flexibility index (Phi) is 6.87. The van der Waals surface area contributed by atoms with Gasteiger partial charge in [-0.25, -0.2) is 13.4 Å². The molecule has 2 fully saturated rings. The number of sulfonamides is 1. The quantitative estimate of drug-likeness (QED) is 0.675. The Morgan fingerprint density at radius 1 is 1.07 bits per heavy atom. The van der Waals surface area contributed by atoms with Crippen molar-refractivity contribution in [2.24, 2.45) is 0 Å². The lowest BCUT2D eigenvalue weighted by Gasteiger charge is -2.41. The molecule has 1 aromatic heterocycles. The Labute approximate surface area is 183 Å². The van der Waals surface area contributed by atoms with E-state index in [0.717, 1.165) is 55.1 Å². The number of piperidine rings is 2. The highest BCUT2D eigenvalue weighted by atomic mass is 32.2. The zero-order valence-electron chi connectivity index (χ0n) is 17.3. The smallest absolute Gasteiger partial charge is 0.273 e. The number of benzene rings is 1. The van der Waals surface area contributed by atoms with Gasteiger partial charge >= 0.3 is 0 Å². The highest BCUT2D eigenvalue weighted by molar-refractivity contribution is 7.92. The second kappa shape index (κ2) is 9.60. The second-order valence-corrected chi connectivity index (χ2v) is 10.7. The molecule has 2 saturated heterocycles.